The zero-order chi connectivity index (χ0) is 25.4. The van der Waals surface area contributed by atoms with Gasteiger partial charge in [0.15, 0.2) is 0 Å². The van der Waals surface area contributed by atoms with Gasteiger partial charge in [0, 0.05) is 32.0 Å². The van der Waals surface area contributed by atoms with Crippen LogP contribution >= 0.6 is 0 Å². The molecule has 3 fully saturated rings. The lowest BCUT2D eigenvalue weighted by atomic mass is 9.74. The highest BCUT2D eigenvalue weighted by Gasteiger charge is 2.72. The molecule has 8 heteroatoms. The van der Waals surface area contributed by atoms with Crippen molar-refractivity contribution in [3.05, 3.63) is 42.0 Å². The Balaban J connectivity index is 1.42. The normalized spacial score (nSPS) is 34.6. The molecular weight excluding hydrogens is 458 g/mol. The number of methoxy groups -OCH3 is 1. The smallest absolute Gasteiger partial charge is 0.246 e. The number of nitrogens with one attached hydrogen (secondary N) is 2. The second kappa shape index (κ2) is 9.98. The van der Waals surface area contributed by atoms with Crippen LogP contribution in [-0.4, -0.2) is 66.7 Å². The third-order valence-electron chi connectivity index (χ3n) is 8.40. The molecule has 3 aliphatic heterocycles. The van der Waals surface area contributed by atoms with Crippen molar-refractivity contribution < 1.29 is 23.9 Å². The molecule has 1 aromatic rings. The van der Waals surface area contributed by atoms with Gasteiger partial charge in [0.25, 0.3) is 0 Å². The average molecular weight is 496 g/mol. The molecule has 1 saturated carbocycles. The van der Waals surface area contributed by atoms with Gasteiger partial charge in [0.2, 0.25) is 17.7 Å². The Hall–Kier alpha value is -2.71. The van der Waals surface area contributed by atoms with Crippen LogP contribution in [0.1, 0.15) is 44.6 Å². The largest absolute Gasteiger partial charge is 0.385 e. The lowest BCUT2D eigenvalue weighted by Gasteiger charge is -2.36. The molecule has 7 atom stereocenters. The fraction of sp³-hybridized carbons (Fsp3) is 0.607. The Morgan fingerprint density at radius 1 is 1.22 bits per heavy atom. The van der Waals surface area contributed by atoms with Crippen LogP contribution in [0.5, 0.6) is 0 Å². The molecule has 8 nitrogen and oxygen atoms in total. The van der Waals surface area contributed by atoms with E-state index in [1.807, 2.05) is 43.3 Å². The summed E-state index contributed by atoms with van der Waals surface area (Å²) in [6, 6.07) is 6.85. The predicted molar refractivity (Wildman–Crippen MR) is 135 cm³/mol. The van der Waals surface area contributed by atoms with Gasteiger partial charge in [-0.05, 0) is 49.8 Å². The minimum absolute atomic E-state index is 0.0839. The highest BCUT2D eigenvalue weighted by molar-refractivity contribution is 6.02. The van der Waals surface area contributed by atoms with Crippen molar-refractivity contribution in [3.63, 3.8) is 0 Å². The molecule has 2 saturated heterocycles. The lowest BCUT2D eigenvalue weighted by Crippen LogP contribution is -2.57. The van der Waals surface area contributed by atoms with Crippen LogP contribution < -0.4 is 10.6 Å². The average Bonchev–Trinajstić information content (AvgIpc) is 3.48. The first kappa shape index (κ1) is 25.0. The number of ether oxygens (including phenoxy) is 2. The first-order valence-electron chi connectivity index (χ1n) is 13.2. The first-order valence-corrected chi connectivity index (χ1v) is 13.2. The molecule has 2 N–H and O–H groups in total. The van der Waals surface area contributed by atoms with Crippen molar-refractivity contribution in [2.24, 2.45) is 17.8 Å². The summed E-state index contributed by atoms with van der Waals surface area (Å²) in [5, 5.41) is 6.23. The third kappa shape index (κ3) is 4.24. The highest BCUT2D eigenvalue weighted by Crippen LogP contribution is 2.55. The van der Waals surface area contributed by atoms with E-state index in [0.717, 1.165) is 24.8 Å². The summed E-state index contributed by atoms with van der Waals surface area (Å²) >= 11 is 0. The Bertz CT molecular complexity index is 1060. The molecule has 1 aromatic carbocycles. The van der Waals surface area contributed by atoms with Gasteiger partial charge in [-0.15, -0.1) is 0 Å². The van der Waals surface area contributed by atoms with Crippen LogP contribution in [0.15, 0.2) is 36.4 Å². The fourth-order valence-corrected chi connectivity index (χ4v) is 6.63. The van der Waals surface area contributed by atoms with E-state index >= 15 is 0 Å². The summed E-state index contributed by atoms with van der Waals surface area (Å²) in [5.41, 5.74) is 0.581. The minimum atomic E-state index is -1.13. The number of hydrogen-bond donors (Lipinski definition) is 2. The zero-order valence-corrected chi connectivity index (χ0v) is 21.4. The SMILES string of the molecule is COCCCN1C(=O)[C@H]2[C@H](C(=O)Nc3cccc(C)c3)[C@H]3C=C[C@@]2(O3)[C@@H]1C(=O)N[C@@H]1CCCC[C@H]1C. The van der Waals surface area contributed by atoms with E-state index in [-0.39, 0.29) is 23.8 Å². The monoisotopic (exact) mass is 495 g/mol. The number of carbonyl (C=O) groups is 3. The third-order valence-corrected chi connectivity index (χ3v) is 8.40. The molecule has 5 rings (SSSR count). The number of rotatable bonds is 8. The van der Waals surface area contributed by atoms with Crippen LogP contribution in [0.3, 0.4) is 0 Å². The van der Waals surface area contributed by atoms with E-state index in [2.05, 4.69) is 17.6 Å². The number of hydrogen-bond acceptors (Lipinski definition) is 5. The molecule has 36 heavy (non-hydrogen) atoms. The number of anilines is 1. The summed E-state index contributed by atoms with van der Waals surface area (Å²) in [5.74, 6) is -1.68. The summed E-state index contributed by atoms with van der Waals surface area (Å²) in [6.45, 7) is 4.98. The summed E-state index contributed by atoms with van der Waals surface area (Å²) < 4.78 is 11.6. The van der Waals surface area contributed by atoms with Gasteiger partial charge in [-0.3, -0.25) is 14.4 Å². The number of carbonyl (C=O) groups excluding carboxylic acids is 3. The van der Waals surface area contributed by atoms with Crippen molar-refractivity contribution in [2.75, 3.05) is 25.6 Å². The minimum Gasteiger partial charge on any atom is -0.385 e. The number of aryl methyl sites for hydroxylation is 1. The molecule has 4 aliphatic rings. The highest BCUT2D eigenvalue weighted by atomic mass is 16.5. The standard InChI is InChI=1S/C28H37N3O5/c1-17-8-6-10-19(16-17)29-25(32)22-21-12-13-28(36-21)23(22)27(34)31(14-7-15-35-3)24(28)26(33)30-20-11-5-4-9-18(20)2/h6,8,10,12-13,16,18,20-24H,4-5,7,9,11,14-15H2,1-3H3,(H,29,32)(H,30,33)/t18-,20-,21-,22-,23-,24+,28+/m1/s1. The Kier molecular flexibility index (Phi) is 6.92. The molecule has 0 radical (unpaired) electrons. The molecule has 3 amide bonds. The number of benzene rings is 1. The van der Waals surface area contributed by atoms with Crippen molar-refractivity contribution in [2.45, 2.75) is 69.7 Å². The molecule has 2 bridgehead atoms. The Morgan fingerprint density at radius 2 is 2.03 bits per heavy atom. The van der Waals surface area contributed by atoms with Crippen LogP contribution in [0.2, 0.25) is 0 Å². The summed E-state index contributed by atoms with van der Waals surface area (Å²) in [7, 11) is 1.62. The maximum absolute atomic E-state index is 13.9. The fourth-order valence-electron chi connectivity index (χ4n) is 6.63. The van der Waals surface area contributed by atoms with Crippen molar-refractivity contribution in [1.82, 2.24) is 10.2 Å². The van der Waals surface area contributed by atoms with Crippen molar-refractivity contribution >= 4 is 23.4 Å². The maximum Gasteiger partial charge on any atom is 0.246 e. The molecule has 1 aliphatic carbocycles. The second-order valence-electron chi connectivity index (χ2n) is 10.8. The van der Waals surface area contributed by atoms with Gasteiger partial charge >= 0.3 is 0 Å². The zero-order valence-electron chi connectivity index (χ0n) is 21.4. The van der Waals surface area contributed by atoms with Gasteiger partial charge in [-0.2, -0.15) is 0 Å². The van der Waals surface area contributed by atoms with E-state index in [4.69, 9.17) is 9.47 Å². The van der Waals surface area contributed by atoms with E-state index in [9.17, 15) is 14.4 Å². The molecule has 0 aromatic heterocycles. The number of fused-ring (bicyclic) bond motifs is 1. The predicted octanol–water partition coefficient (Wildman–Crippen LogP) is 2.82. The van der Waals surface area contributed by atoms with Crippen LogP contribution in [-0.2, 0) is 23.9 Å². The Morgan fingerprint density at radius 3 is 2.78 bits per heavy atom. The Labute approximate surface area is 212 Å². The molecule has 1 spiro atoms. The van der Waals surface area contributed by atoms with E-state index < -0.39 is 29.6 Å². The second-order valence-corrected chi connectivity index (χ2v) is 10.8. The van der Waals surface area contributed by atoms with Crippen molar-refractivity contribution in [1.29, 1.82) is 0 Å². The first-order chi connectivity index (χ1) is 17.4. The van der Waals surface area contributed by atoms with Crippen LogP contribution in [0, 0.1) is 24.7 Å². The molecule has 194 valence electrons. The van der Waals surface area contributed by atoms with E-state index in [1.165, 1.54) is 6.42 Å². The number of nitrogens with zero attached hydrogens (tertiary/aromatic N) is 1. The number of amides is 3. The van der Waals surface area contributed by atoms with Gasteiger partial charge in [-0.1, -0.05) is 44.1 Å². The van der Waals surface area contributed by atoms with Crippen LogP contribution in [0.4, 0.5) is 5.69 Å². The lowest BCUT2D eigenvalue weighted by molar-refractivity contribution is -0.141. The van der Waals surface area contributed by atoms with Crippen molar-refractivity contribution in [3.8, 4) is 0 Å². The van der Waals surface area contributed by atoms with Gasteiger partial charge in [0.1, 0.15) is 11.6 Å². The van der Waals surface area contributed by atoms with E-state index in [0.29, 0.717) is 31.2 Å². The van der Waals surface area contributed by atoms with Gasteiger partial charge in [0.05, 0.1) is 17.9 Å². The summed E-state index contributed by atoms with van der Waals surface area (Å²) in [6.07, 6.45) is 8.07. The van der Waals surface area contributed by atoms with Crippen LogP contribution in [0.25, 0.3) is 0 Å². The quantitative estimate of drug-likeness (QED) is 0.427. The van der Waals surface area contributed by atoms with Gasteiger partial charge < -0.3 is 25.0 Å². The number of likely N-dealkylation sites (tertiary alicyclic amines) is 1. The molecular formula is C28H37N3O5. The topological polar surface area (TPSA) is 97.0 Å². The summed E-state index contributed by atoms with van der Waals surface area (Å²) in [4.78, 5) is 42.8. The van der Waals surface area contributed by atoms with E-state index in [1.54, 1.807) is 12.0 Å². The molecule has 3 heterocycles. The van der Waals surface area contributed by atoms with Gasteiger partial charge in [-0.25, -0.2) is 0 Å². The molecule has 0 unspecified atom stereocenters. The maximum atomic E-state index is 13.9.